The van der Waals surface area contributed by atoms with Crippen LogP contribution in [0.25, 0.3) is 0 Å². The van der Waals surface area contributed by atoms with Crippen LogP contribution in [0.1, 0.15) is 58.3 Å². The van der Waals surface area contributed by atoms with Crippen molar-refractivity contribution in [1.29, 1.82) is 0 Å². The van der Waals surface area contributed by atoms with Gasteiger partial charge in [-0.3, -0.25) is 14.9 Å². The fourth-order valence-electron chi connectivity index (χ4n) is 5.06. The van der Waals surface area contributed by atoms with Gasteiger partial charge >= 0.3 is 0 Å². The van der Waals surface area contributed by atoms with Gasteiger partial charge < -0.3 is 15.0 Å². The standard InChI is InChI=1S/C19H34N4O3/c1-2-25-15-8-6-14(7-9-15)23-12-13(11-17(23)24)19-21-18(22-26-19)16-5-3-4-10-20-16/h13-16,18-22H,2-12H2,1H3. The molecule has 148 valence electrons. The minimum absolute atomic E-state index is 0.0718. The molecule has 4 unspecified atom stereocenters. The molecule has 7 nitrogen and oxygen atoms in total. The molecule has 0 aromatic rings. The summed E-state index contributed by atoms with van der Waals surface area (Å²) in [6, 6.07) is 0.796. The van der Waals surface area contributed by atoms with Gasteiger partial charge in [0.15, 0.2) is 0 Å². The first-order valence-electron chi connectivity index (χ1n) is 10.6. The van der Waals surface area contributed by atoms with E-state index in [0.29, 0.717) is 30.5 Å². The Morgan fingerprint density at radius 3 is 2.77 bits per heavy atom. The van der Waals surface area contributed by atoms with E-state index in [9.17, 15) is 4.79 Å². The molecule has 4 fully saturated rings. The van der Waals surface area contributed by atoms with Gasteiger partial charge in [0, 0.05) is 37.6 Å². The number of nitrogens with zero attached hydrogens (tertiary/aromatic N) is 1. The number of hydrogen-bond donors (Lipinski definition) is 3. The summed E-state index contributed by atoms with van der Waals surface area (Å²) in [4.78, 5) is 20.6. The Bertz CT molecular complexity index is 477. The Morgan fingerprint density at radius 1 is 1.19 bits per heavy atom. The minimum Gasteiger partial charge on any atom is -0.379 e. The number of nitrogens with one attached hydrogen (secondary N) is 3. The highest BCUT2D eigenvalue weighted by Gasteiger charge is 2.43. The van der Waals surface area contributed by atoms with Crippen LogP contribution < -0.4 is 16.1 Å². The van der Waals surface area contributed by atoms with Crippen LogP contribution in [0.4, 0.5) is 0 Å². The van der Waals surface area contributed by atoms with Crippen molar-refractivity contribution in [2.75, 3.05) is 19.7 Å². The number of carbonyl (C=O) groups is 1. The molecule has 0 radical (unpaired) electrons. The third-order valence-electron chi connectivity index (χ3n) is 6.52. The molecule has 4 rings (SSSR count). The van der Waals surface area contributed by atoms with Gasteiger partial charge in [-0.05, 0) is 52.0 Å². The molecule has 1 saturated carbocycles. The van der Waals surface area contributed by atoms with Gasteiger partial charge in [0.25, 0.3) is 0 Å². The van der Waals surface area contributed by atoms with E-state index >= 15 is 0 Å². The van der Waals surface area contributed by atoms with Crippen molar-refractivity contribution in [3.8, 4) is 0 Å². The van der Waals surface area contributed by atoms with Gasteiger partial charge in [-0.2, -0.15) is 5.48 Å². The number of amides is 1. The van der Waals surface area contributed by atoms with Crippen molar-refractivity contribution >= 4 is 5.91 Å². The van der Waals surface area contributed by atoms with Gasteiger partial charge in [0.05, 0.1) is 12.3 Å². The van der Waals surface area contributed by atoms with Crippen LogP contribution in [0.5, 0.6) is 0 Å². The summed E-state index contributed by atoms with van der Waals surface area (Å²) in [5, 5.41) is 7.14. The first-order chi connectivity index (χ1) is 12.7. The Hall–Kier alpha value is -0.730. The lowest BCUT2D eigenvalue weighted by Gasteiger charge is -2.34. The minimum atomic E-state index is -0.0718. The number of rotatable bonds is 5. The van der Waals surface area contributed by atoms with Crippen molar-refractivity contribution in [1.82, 2.24) is 21.0 Å². The van der Waals surface area contributed by atoms with Crippen molar-refractivity contribution in [2.45, 2.75) is 88.9 Å². The summed E-state index contributed by atoms with van der Waals surface area (Å²) in [5.74, 6) is 0.521. The second-order valence-electron chi connectivity index (χ2n) is 8.25. The second kappa shape index (κ2) is 8.52. The van der Waals surface area contributed by atoms with E-state index in [1.165, 1.54) is 19.3 Å². The zero-order chi connectivity index (χ0) is 17.9. The summed E-state index contributed by atoms with van der Waals surface area (Å²) in [6.45, 7) is 4.73. The van der Waals surface area contributed by atoms with Crippen molar-refractivity contribution in [3.63, 3.8) is 0 Å². The highest BCUT2D eigenvalue weighted by Crippen LogP contribution is 2.32. The molecule has 0 bridgehead atoms. The van der Waals surface area contributed by atoms with Crippen LogP contribution in [0.3, 0.4) is 0 Å². The van der Waals surface area contributed by atoms with Gasteiger partial charge in [-0.15, -0.1) is 0 Å². The van der Waals surface area contributed by atoms with Crippen LogP contribution in [-0.4, -0.2) is 61.1 Å². The van der Waals surface area contributed by atoms with Crippen LogP contribution >= 0.6 is 0 Å². The normalized spacial score (nSPS) is 41.7. The smallest absolute Gasteiger partial charge is 0.223 e. The SMILES string of the molecule is CCOC1CCC(N2CC(C3NC(C4CCCCN4)NO3)CC2=O)CC1. The zero-order valence-corrected chi connectivity index (χ0v) is 15.9. The molecule has 0 aromatic heterocycles. The third-order valence-corrected chi connectivity index (χ3v) is 6.52. The van der Waals surface area contributed by atoms with Crippen LogP contribution in [0.15, 0.2) is 0 Å². The average Bonchev–Trinajstić information content (AvgIpc) is 3.30. The van der Waals surface area contributed by atoms with Crippen LogP contribution in [0, 0.1) is 5.92 Å². The van der Waals surface area contributed by atoms with E-state index < -0.39 is 0 Å². The molecule has 1 amide bonds. The van der Waals surface area contributed by atoms with Gasteiger partial charge in [-0.1, -0.05) is 6.42 Å². The number of likely N-dealkylation sites (tertiary alicyclic amines) is 1. The molecular weight excluding hydrogens is 332 g/mol. The maximum absolute atomic E-state index is 12.6. The number of hydroxylamine groups is 1. The van der Waals surface area contributed by atoms with Crippen molar-refractivity contribution in [3.05, 3.63) is 0 Å². The molecule has 4 aliphatic rings. The largest absolute Gasteiger partial charge is 0.379 e. The summed E-state index contributed by atoms with van der Waals surface area (Å²) in [7, 11) is 0. The molecular formula is C19H34N4O3. The first-order valence-corrected chi connectivity index (χ1v) is 10.6. The summed E-state index contributed by atoms with van der Waals surface area (Å²) in [5.41, 5.74) is 3.16. The molecule has 0 aromatic carbocycles. The molecule has 3 aliphatic heterocycles. The van der Waals surface area contributed by atoms with E-state index in [-0.39, 0.29) is 18.3 Å². The Kier molecular flexibility index (Phi) is 6.10. The molecule has 3 saturated heterocycles. The van der Waals surface area contributed by atoms with Gasteiger partial charge in [0.1, 0.15) is 6.23 Å². The van der Waals surface area contributed by atoms with E-state index in [0.717, 1.165) is 45.4 Å². The predicted octanol–water partition coefficient (Wildman–Crippen LogP) is 1.10. The lowest BCUT2D eigenvalue weighted by molar-refractivity contribution is -0.130. The Morgan fingerprint density at radius 2 is 2.04 bits per heavy atom. The summed E-state index contributed by atoms with van der Waals surface area (Å²) in [6.07, 6.45) is 9.01. The average molecular weight is 367 g/mol. The number of piperidine rings is 1. The van der Waals surface area contributed by atoms with Gasteiger partial charge in [-0.25, -0.2) is 0 Å². The third kappa shape index (κ3) is 4.07. The molecule has 1 aliphatic carbocycles. The van der Waals surface area contributed by atoms with Crippen LogP contribution in [-0.2, 0) is 14.4 Å². The monoisotopic (exact) mass is 366 g/mol. The molecule has 7 heteroatoms. The van der Waals surface area contributed by atoms with Crippen molar-refractivity contribution < 1.29 is 14.4 Å². The van der Waals surface area contributed by atoms with Crippen LogP contribution in [0.2, 0.25) is 0 Å². The molecule has 3 heterocycles. The predicted molar refractivity (Wildman–Crippen MR) is 98.1 cm³/mol. The Balaban J connectivity index is 1.27. The number of carbonyl (C=O) groups excluding carboxylic acids is 1. The number of hydrogen-bond acceptors (Lipinski definition) is 6. The topological polar surface area (TPSA) is 74.9 Å². The maximum Gasteiger partial charge on any atom is 0.223 e. The lowest BCUT2D eigenvalue weighted by Crippen LogP contribution is -2.53. The molecule has 0 spiro atoms. The van der Waals surface area contributed by atoms with E-state index in [4.69, 9.17) is 9.57 Å². The first kappa shape index (κ1) is 18.6. The molecule has 3 N–H and O–H groups in total. The quantitative estimate of drug-likeness (QED) is 0.677. The summed E-state index contributed by atoms with van der Waals surface area (Å²) >= 11 is 0. The second-order valence-corrected chi connectivity index (χ2v) is 8.25. The highest BCUT2D eigenvalue weighted by molar-refractivity contribution is 5.79. The van der Waals surface area contributed by atoms with E-state index in [2.05, 4.69) is 27.9 Å². The van der Waals surface area contributed by atoms with Gasteiger partial charge in [0.2, 0.25) is 5.91 Å². The lowest BCUT2D eigenvalue weighted by atomic mass is 9.92. The zero-order valence-electron chi connectivity index (χ0n) is 15.9. The fraction of sp³-hybridized carbons (Fsp3) is 0.947. The molecule has 4 atom stereocenters. The maximum atomic E-state index is 12.6. The van der Waals surface area contributed by atoms with E-state index in [1.807, 2.05) is 0 Å². The highest BCUT2D eigenvalue weighted by atomic mass is 16.7. The summed E-state index contributed by atoms with van der Waals surface area (Å²) < 4.78 is 5.74. The fourth-order valence-corrected chi connectivity index (χ4v) is 5.06. The van der Waals surface area contributed by atoms with Crippen molar-refractivity contribution in [2.24, 2.45) is 5.92 Å². The Labute approximate surface area is 156 Å². The number of ether oxygens (including phenoxy) is 1. The van der Waals surface area contributed by atoms with E-state index in [1.54, 1.807) is 0 Å². The molecule has 26 heavy (non-hydrogen) atoms.